The SMILES string of the molecule is CC1(C)CCC(Cc2ccc(F)c(Br)c2)(C(=O)O)CC1. The van der Waals surface area contributed by atoms with Gasteiger partial charge in [0.2, 0.25) is 0 Å². The van der Waals surface area contributed by atoms with Crippen LogP contribution in [-0.4, -0.2) is 11.1 Å². The third kappa shape index (κ3) is 3.22. The van der Waals surface area contributed by atoms with Crippen LogP contribution in [0, 0.1) is 16.6 Å². The van der Waals surface area contributed by atoms with Gasteiger partial charge in [-0.3, -0.25) is 4.79 Å². The van der Waals surface area contributed by atoms with E-state index >= 15 is 0 Å². The summed E-state index contributed by atoms with van der Waals surface area (Å²) in [5, 5.41) is 9.66. The Kier molecular flexibility index (Phi) is 4.24. The first-order valence-electron chi connectivity index (χ1n) is 6.92. The van der Waals surface area contributed by atoms with Crippen molar-refractivity contribution in [1.29, 1.82) is 0 Å². The Hall–Kier alpha value is -0.900. The van der Waals surface area contributed by atoms with E-state index in [1.54, 1.807) is 12.1 Å². The minimum Gasteiger partial charge on any atom is -0.481 e. The zero-order valence-corrected chi connectivity index (χ0v) is 13.5. The number of rotatable bonds is 3. The quantitative estimate of drug-likeness (QED) is 0.856. The molecular weight excluding hydrogens is 323 g/mol. The summed E-state index contributed by atoms with van der Waals surface area (Å²) in [4.78, 5) is 11.8. The van der Waals surface area contributed by atoms with Gasteiger partial charge >= 0.3 is 5.97 Å². The Bertz CT molecular complexity index is 515. The first-order valence-corrected chi connectivity index (χ1v) is 7.71. The van der Waals surface area contributed by atoms with E-state index in [1.807, 2.05) is 0 Å². The molecule has 1 aliphatic carbocycles. The van der Waals surface area contributed by atoms with Crippen molar-refractivity contribution in [3.63, 3.8) is 0 Å². The molecule has 0 unspecified atom stereocenters. The molecule has 0 spiro atoms. The van der Waals surface area contributed by atoms with Gasteiger partial charge in [0.15, 0.2) is 0 Å². The van der Waals surface area contributed by atoms with Crippen LogP contribution in [0.25, 0.3) is 0 Å². The average Bonchev–Trinajstić information content (AvgIpc) is 2.36. The van der Waals surface area contributed by atoms with Crippen LogP contribution in [0.5, 0.6) is 0 Å². The van der Waals surface area contributed by atoms with Crippen molar-refractivity contribution in [2.24, 2.45) is 10.8 Å². The molecule has 0 aliphatic heterocycles. The summed E-state index contributed by atoms with van der Waals surface area (Å²) in [6, 6.07) is 4.77. The van der Waals surface area contributed by atoms with Crippen molar-refractivity contribution < 1.29 is 14.3 Å². The van der Waals surface area contributed by atoms with E-state index in [0.717, 1.165) is 18.4 Å². The second-order valence-electron chi connectivity index (χ2n) is 6.67. The van der Waals surface area contributed by atoms with Gasteiger partial charge in [0, 0.05) is 0 Å². The summed E-state index contributed by atoms with van der Waals surface area (Å²) < 4.78 is 13.7. The smallest absolute Gasteiger partial charge is 0.309 e. The monoisotopic (exact) mass is 342 g/mol. The molecule has 1 aromatic carbocycles. The highest BCUT2D eigenvalue weighted by Gasteiger charge is 2.44. The molecule has 0 amide bonds. The highest BCUT2D eigenvalue weighted by atomic mass is 79.9. The maximum atomic E-state index is 13.3. The fourth-order valence-electron chi connectivity index (χ4n) is 2.91. The number of carbonyl (C=O) groups is 1. The molecule has 0 bridgehead atoms. The summed E-state index contributed by atoms with van der Waals surface area (Å²) >= 11 is 3.16. The Morgan fingerprint density at radius 1 is 1.30 bits per heavy atom. The maximum Gasteiger partial charge on any atom is 0.309 e. The zero-order chi connectivity index (χ0) is 15.0. The first-order chi connectivity index (χ1) is 9.24. The fraction of sp³-hybridized carbons (Fsp3) is 0.562. The van der Waals surface area contributed by atoms with Gasteiger partial charge in [-0.25, -0.2) is 4.39 Å². The predicted octanol–water partition coefficient (Wildman–Crippen LogP) is 4.80. The van der Waals surface area contributed by atoms with Crippen LogP contribution >= 0.6 is 15.9 Å². The maximum absolute atomic E-state index is 13.3. The number of halogens is 2. The third-order valence-electron chi connectivity index (χ3n) is 4.54. The average molecular weight is 343 g/mol. The molecule has 0 radical (unpaired) electrons. The summed E-state index contributed by atoms with van der Waals surface area (Å²) in [5.74, 6) is -1.05. The van der Waals surface area contributed by atoms with E-state index in [0.29, 0.717) is 23.7 Å². The molecule has 4 heteroatoms. The second-order valence-corrected chi connectivity index (χ2v) is 7.53. The lowest BCUT2D eigenvalue weighted by molar-refractivity contribution is -0.152. The minimum absolute atomic E-state index is 0.225. The molecule has 0 saturated heterocycles. The Morgan fingerprint density at radius 3 is 2.40 bits per heavy atom. The first kappa shape index (κ1) is 15.5. The molecule has 0 aromatic heterocycles. The van der Waals surface area contributed by atoms with Crippen molar-refractivity contribution >= 4 is 21.9 Å². The van der Waals surface area contributed by atoms with Crippen molar-refractivity contribution in [3.8, 4) is 0 Å². The molecule has 1 fully saturated rings. The van der Waals surface area contributed by atoms with Crippen molar-refractivity contribution in [1.82, 2.24) is 0 Å². The van der Waals surface area contributed by atoms with Crippen molar-refractivity contribution in [2.75, 3.05) is 0 Å². The predicted molar refractivity (Wildman–Crippen MR) is 80.1 cm³/mol. The fourth-order valence-corrected chi connectivity index (χ4v) is 3.34. The van der Waals surface area contributed by atoms with Gasteiger partial charge in [0.1, 0.15) is 5.82 Å². The molecular formula is C16H20BrFO2. The zero-order valence-electron chi connectivity index (χ0n) is 11.9. The molecule has 1 aliphatic rings. The Labute approximate surface area is 127 Å². The van der Waals surface area contributed by atoms with Gasteiger partial charge in [-0.05, 0) is 71.1 Å². The lowest BCUT2D eigenvalue weighted by atomic mass is 9.63. The standard InChI is InChI=1S/C16H20BrFO2/c1-15(2)5-7-16(8-6-15,14(19)20)10-11-3-4-13(18)12(17)9-11/h3-4,9H,5-8,10H2,1-2H3,(H,19,20). The van der Waals surface area contributed by atoms with E-state index < -0.39 is 11.4 Å². The van der Waals surface area contributed by atoms with Crippen LogP contribution in [0.15, 0.2) is 22.7 Å². The van der Waals surface area contributed by atoms with E-state index in [1.165, 1.54) is 6.07 Å². The van der Waals surface area contributed by atoms with E-state index in [4.69, 9.17) is 0 Å². The van der Waals surface area contributed by atoms with Crippen molar-refractivity contribution in [3.05, 3.63) is 34.1 Å². The van der Waals surface area contributed by atoms with Gasteiger partial charge in [-0.1, -0.05) is 19.9 Å². The summed E-state index contributed by atoms with van der Waals surface area (Å²) in [6.07, 6.45) is 3.68. The topological polar surface area (TPSA) is 37.3 Å². The summed E-state index contributed by atoms with van der Waals surface area (Å²) in [6.45, 7) is 4.38. The molecule has 2 rings (SSSR count). The van der Waals surface area contributed by atoms with Crippen LogP contribution in [0.1, 0.15) is 45.1 Å². The number of carboxylic acid groups (broad SMARTS) is 1. The van der Waals surface area contributed by atoms with Crippen molar-refractivity contribution in [2.45, 2.75) is 46.0 Å². The van der Waals surface area contributed by atoms with Gasteiger partial charge < -0.3 is 5.11 Å². The van der Waals surface area contributed by atoms with Gasteiger partial charge in [0.25, 0.3) is 0 Å². The van der Waals surface area contributed by atoms with Crippen LogP contribution in [0.4, 0.5) is 4.39 Å². The highest BCUT2D eigenvalue weighted by molar-refractivity contribution is 9.10. The molecule has 110 valence electrons. The molecule has 0 atom stereocenters. The van der Waals surface area contributed by atoms with Crippen LogP contribution < -0.4 is 0 Å². The number of benzene rings is 1. The second kappa shape index (κ2) is 5.47. The Balaban J connectivity index is 2.22. The molecule has 1 aromatic rings. The lowest BCUT2D eigenvalue weighted by Gasteiger charge is -2.41. The number of aliphatic carboxylic acids is 1. The number of hydrogen-bond donors (Lipinski definition) is 1. The number of carboxylic acids is 1. The van der Waals surface area contributed by atoms with Crippen LogP contribution in [0.3, 0.4) is 0 Å². The lowest BCUT2D eigenvalue weighted by Crippen LogP contribution is -2.39. The normalized spacial score (nSPS) is 20.6. The third-order valence-corrected chi connectivity index (χ3v) is 5.15. The Morgan fingerprint density at radius 2 is 1.90 bits per heavy atom. The molecule has 20 heavy (non-hydrogen) atoms. The number of hydrogen-bond acceptors (Lipinski definition) is 1. The van der Waals surface area contributed by atoms with E-state index in [-0.39, 0.29) is 11.2 Å². The van der Waals surface area contributed by atoms with Gasteiger partial charge in [-0.2, -0.15) is 0 Å². The molecule has 2 nitrogen and oxygen atoms in total. The van der Waals surface area contributed by atoms with Crippen LogP contribution in [-0.2, 0) is 11.2 Å². The highest BCUT2D eigenvalue weighted by Crippen LogP contribution is 2.47. The summed E-state index contributed by atoms with van der Waals surface area (Å²) in [7, 11) is 0. The van der Waals surface area contributed by atoms with E-state index in [2.05, 4.69) is 29.8 Å². The van der Waals surface area contributed by atoms with Gasteiger partial charge in [0.05, 0.1) is 9.89 Å². The molecule has 1 N–H and O–H groups in total. The molecule has 0 heterocycles. The van der Waals surface area contributed by atoms with E-state index in [9.17, 15) is 14.3 Å². The van der Waals surface area contributed by atoms with Crippen LogP contribution in [0.2, 0.25) is 0 Å². The molecule has 1 saturated carbocycles. The minimum atomic E-state index is -0.728. The largest absolute Gasteiger partial charge is 0.481 e. The van der Waals surface area contributed by atoms with Gasteiger partial charge in [-0.15, -0.1) is 0 Å². The summed E-state index contributed by atoms with van der Waals surface area (Å²) in [5.41, 5.74) is 0.398.